The average molecular weight is 408 g/mol. The fourth-order valence-corrected chi connectivity index (χ4v) is 2.74. The minimum Gasteiger partial charge on any atom is -1.00 e. The van der Waals surface area contributed by atoms with Crippen molar-refractivity contribution in [2.75, 3.05) is 6.61 Å². The van der Waals surface area contributed by atoms with Crippen molar-refractivity contribution in [3.05, 3.63) is 42.8 Å². The van der Waals surface area contributed by atoms with Crippen LogP contribution in [0.15, 0.2) is 30.3 Å². The minimum absolute atomic E-state index is 0. The Morgan fingerprint density at radius 1 is 0.667 bits per heavy atom. The first-order valence-electron chi connectivity index (χ1n) is 9.34. The van der Waals surface area contributed by atoms with Crippen molar-refractivity contribution in [1.29, 1.82) is 0 Å². The normalized spacial score (nSPS) is 10.0. The van der Waals surface area contributed by atoms with E-state index in [0.29, 0.717) is 0 Å². The van der Waals surface area contributed by atoms with E-state index in [2.05, 4.69) is 31.2 Å². The van der Waals surface area contributed by atoms with Crippen molar-refractivity contribution in [3.8, 4) is 0 Å². The van der Waals surface area contributed by atoms with Crippen molar-refractivity contribution in [2.45, 2.75) is 83.7 Å². The Kier molecular flexibility index (Phi) is 23.8. The molecule has 0 fully saturated rings. The number of benzene rings is 1. The summed E-state index contributed by atoms with van der Waals surface area (Å²) >= 11 is 0. The fraction of sp³-hybridized carbons (Fsp3) is 0.667. The molecule has 1 nitrogen and oxygen atoms in total. The first-order chi connectivity index (χ1) is 10.9. The zero-order chi connectivity index (χ0) is 15.7. The maximum atomic E-state index is 5.71. The summed E-state index contributed by atoms with van der Waals surface area (Å²) in [6.45, 7) is 5.55. The third-order valence-electron chi connectivity index (χ3n) is 4.15. The first kappa shape index (κ1) is 26.7. The van der Waals surface area contributed by atoms with Gasteiger partial charge in [-0.15, -0.1) is 0 Å². The van der Waals surface area contributed by atoms with E-state index in [-0.39, 0.29) is 40.0 Å². The Balaban J connectivity index is 0. The van der Waals surface area contributed by atoms with Crippen LogP contribution in [-0.4, -0.2) is 29.7 Å². The molecule has 134 valence electrons. The number of unbranched alkanes of at least 4 members (excludes halogenated alkanes) is 11. The third-order valence-corrected chi connectivity index (χ3v) is 4.15. The molecule has 0 N–H and O–H groups in total. The van der Waals surface area contributed by atoms with Crippen LogP contribution in [0, 0.1) is 6.92 Å². The SMILES string of the molecule is [Br-].[CH2-]CCCCCCCCCCCCCOCc1ccccc1.[Mg+2]. The van der Waals surface area contributed by atoms with Crippen LogP contribution in [0.1, 0.15) is 82.6 Å². The number of halogens is 1. The van der Waals surface area contributed by atoms with Gasteiger partial charge >= 0.3 is 23.1 Å². The number of ether oxygens (including phenoxy) is 1. The largest absolute Gasteiger partial charge is 2.00 e. The van der Waals surface area contributed by atoms with E-state index in [9.17, 15) is 0 Å². The first-order valence-corrected chi connectivity index (χ1v) is 9.34. The molecule has 0 atom stereocenters. The molecule has 0 unspecified atom stereocenters. The second-order valence-corrected chi connectivity index (χ2v) is 6.28. The molecule has 0 saturated carbocycles. The molecule has 1 rings (SSSR count). The summed E-state index contributed by atoms with van der Waals surface area (Å²) in [5, 5.41) is 0. The second-order valence-electron chi connectivity index (χ2n) is 6.28. The predicted molar refractivity (Wildman–Crippen MR) is 103 cm³/mol. The van der Waals surface area contributed by atoms with Gasteiger partial charge in [-0.25, -0.2) is 0 Å². The van der Waals surface area contributed by atoms with E-state index >= 15 is 0 Å². The van der Waals surface area contributed by atoms with Crippen molar-refractivity contribution in [1.82, 2.24) is 0 Å². The van der Waals surface area contributed by atoms with Gasteiger partial charge in [0.25, 0.3) is 0 Å². The summed E-state index contributed by atoms with van der Waals surface area (Å²) < 4.78 is 5.71. The Hall–Kier alpha value is 0.426. The molecule has 0 spiro atoms. The third kappa shape index (κ3) is 17.3. The van der Waals surface area contributed by atoms with Gasteiger partial charge in [0.2, 0.25) is 0 Å². The number of hydrogen-bond donors (Lipinski definition) is 0. The van der Waals surface area contributed by atoms with Gasteiger partial charge in [0, 0.05) is 6.61 Å². The Labute approximate surface area is 177 Å². The van der Waals surface area contributed by atoms with E-state index in [1.165, 1.54) is 76.2 Å². The molecule has 0 bridgehead atoms. The molecule has 0 aliphatic heterocycles. The molecule has 24 heavy (non-hydrogen) atoms. The van der Waals surface area contributed by atoms with Gasteiger partial charge in [0.1, 0.15) is 0 Å². The van der Waals surface area contributed by atoms with E-state index in [0.717, 1.165) is 19.6 Å². The Morgan fingerprint density at radius 2 is 1.12 bits per heavy atom. The molecule has 3 heteroatoms. The van der Waals surface area contributed by atoms with Crippen molar-refractivity contribution < 1.29 is 21.7 Å². The van der Waals surface area contributed by atoms with Crippen LogP contribution in [0.25, 0.3) is 0 Å². The summed E-state index contributed by atoms with van der Waals surface area (Å²) in [6, 6.07) is 10.4. The second kappa shape index (κ2) is 21.5. The van der Waals surface area contributed by atoms with Crippen LogP contribution >= 0.6 is 0 Å². The molecule has 0 aromatic heterocycles. The average Bonchev–Trinajstić information content (AvgIpc) is 2.56. The molecular weight excluding hydrogens is 372 g/mol. The molecule has 0 aliphatic carbocycles. The van der Waals surface area contributed by atoms with E-state index in [1.54, 1.807) is 0 Å². The van der Waals surface area contributed by atoms with Gasteiger partial charge in [0.15, 0.2) is 0 Å². The van der Waals surface area contributed by atoms with Crippen molar-refractivity contribution in [3.63, 3.8) is 0 Å². The molecule has 0 heterocycles. The van der Waals surface area contributed by atoms with Gasteiger partial charge in [-0.2, -0.15) is 6.42 Å². The minimum atomic E-state index is 0. The van der Waals surface area contributed by atoms with E-state index in [4.69, 9.17) is 4.74 Å². The smallest absolute Gasteiger partial charge is 1.00 e. The standard InChI is InChI=1S/C21H35O.BrH.Mg/c1-2-3-4-5-6-7-8-9-10-11-12-16-19-22-20-21-17-14-13-15-18-21;;/h13-15,17-18H,1-12,16,19-20H2;1H;/q-1;;+2/p-1. The number of rotatable bonds is 15. The molecule has 1 aromatic rings. The zero-order valence-corrected chi connectivity index (χ0v) is 18.5. The number of hydrogen-bond acceptors (Lipinski definition) is 1. The zero-order valence-electron chi connectivity index (χ0n) is 15.5. The maximum absolute atomic E-state index is 5.71. The fourth-order valence-electron chi connectivity index (χ4n) is 2.74. The monoisotopic (exact) mass is 406 g/mol. The van der Waals surface area contributed by atoms with Crippen LogP contribution in [0.3, 0.4) is 0 Å². The van der Waals surface area contributed by atoms with E-state index < -0.39 is 0 Å². The van der Waals surface area contributed by atoms with Crippen LogP contribution in [-0.2, 0) is 11.3 Å². The summed E-state index contributed by atoms with van der Waals surface area (Å²) in [5.41, 5.74) is 1.28. The predicted octanol–water partition coefficient (Wildman–Crippen LogP) is 3.34. The maximum Gasteiger partial charge on any atom is 2.00 e. The molecule has 0 amide bonds. The molecule has 0 saturated heterocycles. The van der Waals surface area contributed by atoms with E-state index in [1.807, 2.05) is 6.07 Å². The van der Waals surface area contributed by atoms with Gasteiger partial charge in [-0.1, -0.05) is 94.5 Å². The van der Waals surface area contributed by atoms with Gasteiger partial charge < -0.3 is 28.6 Å². The van der Waals surface area contributed by atoms with Crippen molar-refractivity contribution >= 4 is 23.1 Å². The van der Waals surface area contributed by atoms with Crippen molar-refractivity contribution in [2.24, 2.45) is 0 Å². The molecule has 1 aromatic carbocycles. The van der Waals surface area contributed by atoms with Crippen LogP contribution in [0.5, 0.6) is 0 Å². The molecule has 0 aliphatic rings. The Bertz CT molecular complexity index is 332. The summed E-state index contributed by atoms with van der Waals surface area (Å²) in [7, 11) is 0. The topological polar surface area (TPSA) is 9.23 Å². The van der Waals surface area contributed by atoms with Gasteiger partial charge in [-0.3, -0.25) is 0 Å². The molecule has 0 radical (unpaired) electrons. The summed E-state index contributed by atoms with van der Waals surface area (Å²) in [4.78, 5) is 0. The van der Waals surface area contributed by atoms with Crippen LogP contribution in [0.4, 0.5) is 0 Å². The van der Waals surface area contributed by atoms with Crippen LogP contribution in [0.2, 0.25) is 0 Å². The van der Waals surface area contributed by atoms with Gasteiger partial charge in [0.05, 0.1) is 6.61 Å². The van der Waals surface area contributed by atoms with Crippen LogP contribution < -0.4 is 17.0 Å². The quantitative estimate of drug-likeness (QED) is 0.246. The summed E-state index contributed by atoms with van der Waals surface area (Å²) in [5.74, 6) is 0. The molecular formula is C21H35BrMgO. The van der Waals surface area contributed by atoms with Gasteiger partial charge in [-0.05, 0) is 12.0 Å². The summed E-state index contributed by atoms with van der Waals surface area (Å²) in [6.07, 6.45) is 16.2. The Morgan fingerprint density at radius 3 is 1.62 bits per heavy atom.